The lowest BCUT2D eigenvalue weighted by molar-refractivity contribution is 0.167. The van der Waals surface area contributed by atoms with E-state index < -0.39 is 17.1 Å². The summed E-state index contributed by atoms with van der Waals surface area (Å²) in [6.07, 6.45) is 8.78. The molecule has 0 saturated carbocycles. The number of unbranched alkanes of at least 4 members (excludes halogenated alkanes) is 4. The van der Waals surface area contributed by atoms with Crippen LogP contribution >= 0.6 is 0 Å². The molecule has 0 amide bonds. The molecule has 6 heteroatoms. The van der Waals surface area contributed by atoms with E-state index in [0.717, 1.165) is 77.8 Å². The summed E-state index contributed by atoms with van der Waals surface area (Å²) >= 11 is 0. The van der Waals surface area contributed by atoms with E-state index in [1.807, 2.05) is 0 Å². The maximum Gasteiger partial charge on any atom is 0.375 e. The smallest absolute Gasteiger partial charge is 0.375 e. The molecule has 0 bridgehead atoms. The summed E-state index contributed by atoms with van der Waals surface area (Å²) in [6, 6.07) is 9.04. The summed E-state index contributed by atoms with van der Waals surface area (Å²) < 4.78 is 26.6. The summed E-state index contributed by atoms with van der Waals surface area (Å²) in [5, 5.41) is 2.46. The van der Waals surface area contributed by atoms with Crippen LogP contribution in [0.4, 0.5) is 0 Å². The monoisotopic (exact) mass is 510 g/mol. The topological polar surface area (TPSA) is 36.9 Å². The molecule has 1 aromatic rings. The van der Waals surface area contributed by atoms with E-state index in [9.17, 15) is 0 Å². The van der Waals surface area contributed by atoms with Crippen LogP contribution in [0.3, 0.4) is 0 Å². The minimum absolute atomic E-state index is 0.334. The van der Waals surface area contributed by atoms with Gasteiger partial charge in [-0.1, -0.05) is 105 Å². The van der Waals surface area contributed by atoms with Crippen molar-refractivity contribution in [3.05, 3.63) is 24.3 Å². The molecule has 0 aromatic heterocycles. The van der Waals surface area contributed by atoms with Crippen molar-refractivity contribution in [2.75, 3.05) is 26.4 Å². The third kappa shape index (κ3) is 8.86. The Morgan fingerprint density at radius 3 is 0.912 bits per heavy atom. The highest BCUT2D eigenvalue weighted by molar-refractivity contribution is 6.84. The predicted octanol–water partition coefficient (Wildman–Crippen LogP) is 7.07. The maximum atomic E-state index is 6.66. The third-order valence-corrected chi connectivity index (χ3v) is 14.3. The Balaban J connectivity index is 3.36. The van der Waals surface area contributed by atoms with E-state index >= 15 is 0 Å². The lowest BCUT2D eigenvalue weighted by Gasteiger charge is -2.37. The van der Waals surface area contributed by atoms with Crippen molar-refractivity contribution in [3.63, 3.8) is 0 Å². The van der Waals surface area contributed by atoms with Gasteiger partial charge in [-0.2, -0.15) is 0 Å². The Morgan fingerprint density at radius 1 is 0.500 bits per heavy atom. The van der Waals surface area contributed by atoms with Gasteiger partial charge >= 0.3 is 17.1 Å². The number of rotatable bonds is 20. The number of benzene rings is 1. The molecule has 0 aliphatic rings. The molecule has 0 heterocycles. The van der Waals surface area contributed by atoms with Gasteiger partial charge in [-0.3, -0.25) is 0 Å². The zero-order chi connectivity index (χ0) is 25.5. The largest absolute Gasteiger partial charge is 0.391 e. The fourth-order valence-corrected chi connectivity index (χ4v) is 10.7. The van der Waals surface area contributed by atoms with Gasteiger partial charge in [0.2, 0.25) is 0 Å². The Labute approximate surface area is 213 Å². The minimum atomic E-state index is -2.56. The van der Waals surface area contributed by atoms with E-state index in [4.69, 9.17) is 17.7 Å². The second kappa shape index (κ2) is 17.0. The minimum Gasteiger partial charge on any atom is -0.391 e. The van der Waals surface area contributed by atoms with Crippen LogP contribution in [0.2, 0.25) is 11.1 Å². The van der Waals surface area contributed by atoms with E-state index in [2.05, 4.69) is 79.7 Å². The van der Waals surface area contributed by atoms with Gasteiger partial charge in [0.25, 0.3) is 0 Å². The molecule has 0 aliphatic heterocycles. The zero-order valence-corrected chi connectivity index (χ0v) is 25.6. The lowest BCUT2D eigenvalue weighted by atomic mass is 10.4. The van der Waals surface area contributed by atoms with Gasteiger partial charge in [0.1, 0.15) is 0 Å². The molecule has 1 aromatic carbocycles. The first kappa shape index (κ1) is 31.5. The molecule has 198 valence electrons. The van der Waals surface area contributed by atoms with Gasteiger partial charge in [0.15, 0.2) is 0 Å². The first-order chi connectivity index (χ1) is 16.3. The predicted molar refractivity (Wildman–Crippen MR) is 151 cm³/mol. The molecule has 0 fully saturated rings. The van der Waals surface area contributed by atoms with Crippen LogP contribution < -0.4 is 10.4 Å². The molecule has 4 nitrogen and oxygen atoms in total. The highest BCUT2D eigenvalue weighted by Crippen LogP contribution is 2.27. The maximum absolute atomic E-state index is 6.66. The van der Waals surface area contributed by atoms with Crippen LogP contribution in [0.5, 0.6) is 0 Å². The van der Waals surface area contributed by atoms with Crippen LogP contribution in [0.25, 0.3) is 0 Å². The van der Waals surface area contributed by atoms with Gasteiger partial charge in [-0.15, -0.1) is 0 Å². The fourth-order valence-electron chi connectivity index (χ4n) is 4.16. The van der Waals surface area contributed by atoms with Crippen LogP contribution in [0.1, 0.15) is 107 Å². The Hall–Kier alpha value is -0.506. The molecule has 0 radical (unpaired) electrons. The Morgan fingerprint density at radius 2 is 0.735 bits per heavy atom. The normalized spacial score (nSPS) is 12.8. The molecule has 0 unspecified atom stereocenters. The highest BCUT2D eigenvalue weighted by atomic mass is 28.4. The molecule has 0 spiro atoms. The lowest BCUT2D eigenvalue weighted by Crippen LogP contribution is -2.59. The summed E-state index contributed by atoms with van der Waals surface area (Å²) in [7, 11) is -5.12. The van der Waals surface area contributed by atoms with Crippen LogP contribution in [0.15, 0.2) is 24.3 Å². The fraction of sp³-hybridized carbons (Fsp3) is 0.786. The first-order valence-corrected chi connectivity index (χ1v) is 17.8. The van der Waals surface area contributed by atoms with E-state index in [1.165, 1.54) is 10.4 Å². The molecule has 34 heavy (non-hydrogen) atoms. The van der Waals surface area contributed by atoms with Crippen LogP contribution in [-0.2, 0) is 17.7 Å². The number of hydrogen-bond donors (Lipinski definition) is 0. The summed E-state index contributed by atoms with van der Waals surface area (Å²) in [5.41, 5.74) is 0.668. The van der Waals surface area contributed by atoms with E-state index in [1.54, 1.807) is 0 Å². The first-order valence-electron chi connectivity index (χ1n) is 14.0. The highest BCUT2D eigenvalue weighted by Gasteiger charge is 2.46. The van der Waals surface area contributed by atoms with Crippen molar-refractivity contribution in [3.8, 4) is 0 Å². The van der Waals surface area contributed by atoms with Gasteiger partial charge in [0, 0.05) is 37.5 Å². The SMILES string of the molecule is CCCCO[Si](OCCCC)(c1ccc([Si](OCCCC)(OCCCC)C(C)C)cc1)C(C)C. The van der Waals surface area contributed by atoms with Gasteiger partial charge in [0.05, 0.1) is 0 Å². The summed E-state index contributed by atoms with van der Waals surface area (Å²) in [5.74, 6) is 0. The van der Waals surface area contributed by atoms with Crippen molar-refractivity contribution >= 4 is 27.5 Å². The molecular weight excluding hydrogens is 456 g/mol. The zero-order valence-electron chi connectivity index (χ0n) is 23.6. The van der Waals surface area contributed by atoms with Crippen LogP contribution in [-0.4, -0.2) is 43.5 Å². The van der Waals surface area contributed by atoms with Gasteiger partial charge < -0.3 is 17.7 Å². The van der Waals surface area contributed by atoms with Gasteiger partial charge in [-0.25, -0.2) is 0 Å². The average molecular weight is 511 g/mol. The standard InChI is InChI=1S/C28H54O4Si2/c1-9-13-21-29-33(25(5)6,30-22-14-10-2)27-17-19-28(20-18-27)34(26(7)8,31-23-15-11-3)32-24-16-12-4/h17-20,25-26H,9-16,21-24H2,1-8H3. The van der Waals surface area contributed by atoms with Crippen molar-refractivity contribution in [1.82, 2.24) is 0 Å². The van der Waals surface area contributed by atoms with Crippen molar-refractivity contribution in [2.24, 2.45) is 0 Å². The third-order valence-electron chi connectivity index (χ3n) is 6.47. The molecule has 0 aliphatic carbocycles. The molecular formula is C28H54O4Si2. The molecule has 0 atom stereocenters. The van der Waals surface area contributed by atoms with E-state index in [0.29, 0.717) is 11.1 Å². The van der Waals surface area contributed by atoms with Crippen molar-refractivity contribution in [1.29, 1.82) is 0 Å². The molecule has 0 saturated heterocycles. The van der Waals surface area contributed by atoms with Crippen molar-refractivity contribution in [2.45, 2.75) is 118 Å². The van der Waals surface area contributed by atoms with Gasteiger partial charge in [-0.05, 0) is 36.1 Å². The summed E-state index contributed by atoms with van der Waals surface area (Å²) in [4.78, 5) is 0. The summed E-state index contributed by atoms with van der Waals surface area (Å²) in [6.45, 7) is 20.9. The number of hydrogen-bond acceptors (Lipinski definition) is 4. The molecule has 0 N–H and O–H groups in total. The second-order valence-electron chi connectivity index (χ2n) is 10.0. The second-order valence-corrected chi connectivity index (χ2v) is 17.3. The Kier molecular flexibility index (Phi) is 15.8. The molecule has 1 rings (SSSR count). The van der Waals surface area contributed by atoms with E-state index in [-0.39, 0.29) is 0 Å². The average Bonchev–Trinajstić information content (AvgIpc) is 2.82. The quantitative estimate of drug-likeness (QED) is 0.139. The van der Waals surface area contributed by atoms with Crippen molar-refractivity contribution < 1.29 is 17.7 Å². The Bertz CT molecular complexity index is 559. The van der Waals surface area contributed by atoms with Crippen LogP contribution in [0, 0.1) is 0 Å².